The third-order valence-corrected chi connectivity index (χ3v) is 5.61. The molecule has 0 bridgehead atoms. The molecule has 0 spiro atoms. The van der Waals surface area contributed by atoms with Gasteiger partial charge in [-0.25, -0.2) is 0 Å². The Labute approximate surface area is 170 Å². The molecule has 1 aromatic carbocycles. The molecule has 7 nitrogen and oxygen atoms in total. The summed E-state index contributed by atoms with van der Waals surface area (Å²) in [6, 6.07) is 6.79. The van der Waals surface area contributed by atoms with E-state index in [1.807, 2.05) is 26.0 Å². The van der Waals surface area contributed by atoms with Gasteiger partial charge in [-0.2, -0.15) is 0 Å². The lowest BCUT2D eigenvalue weighted by atomic mass is 9.85. The molecule has 7 heteroatoms. The molecule has 2 atom stereocenters. The van der Waals surface area contributed by atoms with Gasteiger partial charge < -0.3 is 10.2 Å². The zero-order valence-electron chi connectivity index (χ0n) is 16.9. The van der Waals surface area contributed by atoms with Gasteiger partial charge in [0.05, 0.1) is 11.8 Å². The molecule has 1 aliphatic carbocycles. The Morgan fingerprint density at radius 3 is 2.28 bits per heavy atom. The van der Waals surface area contributed by atoms with E-state index in [-0.39, 0.29) is 48.4 Å². The minimum absolute atomic E-state index is 0.0264. The SMILES string of the molecule is CCN(CC)C(=O)c1cccc(NC(=O)CCN2C(=O)[C@H]3CC=CC[C@@H]3C2=O)c1. The van der Waals surface area contributed by atoms with Crippen molar-refractivity contribution >= 4 is 29.3 Å². The predicted octanol–water partition coefficient (Wildman–Crippen LogP) is 2.45. The van der Waals surface area contributed by atoms with E-state index < -0.39 is 0 Å². The number of benzene rings is 1. The number of hydrogen-bond donors (Lipinski definition) is 1. The summed E-state index contributed by atoms with van der Waals surface area (Å²) in [7, 11) is 0. The summed E-state index contributed by atoms with van der Waals surface area (Å²) < 4.78 is 0. The number of carbonyl (C=O) groups excluding carboxylic acids is 4. The van der Waals surface area contributed by atoms with E-state index in [1.165, 1.54) is 4.90 Å². The number of fused-ring (bicyclic) bond motifs is 1. The van der Waals surface area contributed by atoms with Gasteiger partial charge in [0, 0.05) is 37.3 Å². The largest absolute Gasteiger partial charge is 0.339 e. The summed E-state index contributed by atoms with van der Waals surface area (Å²) in [5.41, 5.74) is 1.03. The van der Waals surface area contributed by atoms with Gasteiger partial charge in [-0.15, -0.1) is 0 Å². The van der Waals surface area contributed by atoms with Crippen LogP contribution in [0.1, 0.15) is 43.5 Å². The summed E-state index contributed by atoms with van der Waals surface area (Å²) in [6.45, 7) is 5.14. The van der Waals surface area contributed by atoms with Crippen LogP contribution in [-0.2, 0) is 14.4 Å². The summed E-state index contributed by atoms with van der Waals surface area (Å²) in [5.74, 6) is -1.30. The van der Waals surface area contributed by atoms with Crippen LogP contribution >= 0.6 is 0 Å². The first-order valence-electron chi connectivity index (χ1n) is 10.2. The second-order valence-electron chi connectivity index (χ2n) is 7.34. The minimum Gasteiger partial charge on any atom is -0.339 e. The third kappa shape index (κ3) is 4.39. The van der Waals surface area contributed by atoms with Crippen LogP contribution in [0.25, 0.3) is 0 Å². The van der Waals surface area contributed by atoms with Crippen molar-refractivity contribution in [2.45, 2.75) is 33.1 Å². The number of nitrogens with one attached hydrogen (secondary N) is 1. The van der Waals surface area contributed by atoms with E-state index in [1.54, 1.807) is 29.2 Å². The van der Waals surface area contributed by atoms with E-state index in [0.717, 1.165) is 0 Å². The first-order valence-corrected chi connectivity index (χ1v) is 10.2. The van der Waals surface area contributed by atoms with Gasteiger partial charge in [-0.3, -0.25) is 24.1 Å². The molecule has 29 heavy (non-hydrogen) atoms. The van der Waals surface area contributed by atoms with Crippen molar-refractivity contribution in [2.75, 3.05) is 25.0 Å². The fourth-order valence-corrected chi connectivity index (χ4v) is 3.95. The van der Waals surface area contributed by atoms with Crippen LogP contribution in [0.3, 0.4) is 0 Å². The molecule has 0 radical (unpaired) electrons. The second kappa shape index (κ2) is 9.03. The van der Waals surface area contributed by atoms with Crippen molar-refractivity contribution in [3.8, 4) is 0 Å². The molecule has 4 amide bonds. The van der Waals surface area contributed by atoms with Crippen molar-refractivity contribution in [1.29, 1.82) is 0 Å². The predicted molar refractivity (Wildman–Crippen MR) is 109 cm³/mol. The number of amides is 4. The molecule has 1 fully saturated rings. The Bertz CT molecular complexity index is 818. The zero-order valence-corrected chi connectivity index (χ0v) is 16.9. The van der Waals surface area contributed by atoms with Gasteiger partial charge >= 0.3 is 0 Å². The Morgan fingerprint density at radius 2 is 1.69 bits per heavy atom. The molecule has 1 aliphatic heterocycles. The highest BCUT2D eigenvalue weighted by atomic mass is 16.2. The van der Waals surface area contributed by atoms with Crippen LogP contribution in [0.5, 0.6) is 0 Å². The topological polar surface area (TPSA) is 86.8 Å². The number of rotatable bonds is 7. The molecular weight excluding hydrogens is 370 g/mol. The molecule has 3 rings (SSSR count). The maximum Gasteiger partial charge on any atom is 0.253 e. The maximum absolute atomic E-state index is 12.5. The van der Waals surface area contributed by atoms with E-state index in [9.17, 15) is 19.2 Å². The average Bonchev–Trinajstić information content (AvgIpc) is 2.98. The fraction of sp³-hybridized carbons (Fsp3) is 0.455. The molecule has 154 valence electrons. The molecule has 0 saturated carbocycles. The van der Waals surface area contributed by atoms with Crippen LogP contribution in [-0.4, -0.2) is 53.1 Å². The zero-order chi connectivity index (χ0) is 21.0. The lowest BCUT2D eigenvalue weighted by Gasteiger charge is -2.19. The maximum atomic E-state index is 12.5. The fourth-order valence-electron chi connectivity index (χ4n) is 3.95. The van der Waals surface area contributed by atoms with Crippen molar-refractivity contribution in [1.82, 2.24) is 9.80 Å². The number of nitrogens with zero attached hydrogens (tertiary/aromatic N) is 2. The van der Waals surface area contributed by atoms with Gasteiger partial charge in [0.2, 0.25) is 17.7 Å². The van der Waals surface area contributed by atoms with Crippen molar-refractivity contribution in [3.63, 3.8) is 0 Å². The highest BCUT2D eigenvalue weighted by molar-refractivity contribution is 6.06. The standard InChI is InChI=1S/C22H27N3O4/c1-3-24(4-2)20(27)15-8-7-9-16(14-15)23-19(26)12-13-25-21(28)17-10-5-6-11-18(17)22(25)29/h5-9,14,17-18H,3-4,10-13H2,1-2H3,(H,23,26)/t17-,18-/m0/s1. The lowest BCUT2D eigenvalue weighted by Crippen LogP contribution is -2.34. The molecule has 1 saturated heterocycles. The highest BCUT2D eigenvalue weighted by Gasteiger charge is 2.46. The highest BCUT2D eigenvalue weighted by Crippen LogP contribution is 2.35. The quantitative estimate of drug-likeness (QED) is 0.566. The number of imide groups is 1. The number of carbonyl (C=O) groups is 4. The number of hydrogen-bond acceptors (Lipinski definition) is 4. The van der Waals surface area contributed by atoms with Crippen LogP contribution in [0.4, 0.5) is 5.69 Å². The molecule has 1 aromatic rings. The molecule has 1 heterocycles. The summed E-state index contributed by atoms with van der Waals surface area (Å²) in [5, 5.41) is 2.76. The number of likely N-dealkylation sites (tertiary alicyclic amines) is 1. The Kier molecular flexibility index (Phi) is 6.46. The van der Waals surface area contributed by atoms with Crippen LogP contribution in [0.15, 0.2) is 36.4 Å². The van der Waals surface area contributed by atoms with E-state index in [2.05, 4.69) is 5.32 Å². The average molecular weight is 397 g/mol. The number of allylic oxidation sites excluding steroid dienone is 2. The summed E-state index contributed by atoms with van der Waals surface area (Å²) in [6.07, 6.45) is 5.08. The molecule has 0 aromatic heterocycles. The van der Waals surface area contributed by atoms with Gasteiger partial charge in [-0.05, 0) is 44.9 Å². The normalized spacial score (nSPS) is 20.6. The minimum atomic E-state index is -0.300. The van der Waals surface area contributed by atoms with Crippen molar-refractivity contribution < 1.29 is 19.2 Å². The van der Waals surface area contributed by atoms with Gasteiger partial charge in [0.25, 0.3) is 5.91 Å². The Hall–Kier alpha value is -2.96. The first kappa shape index (κ1) is 20.8. The van der Waals surface area contributed by atoms with Gasteiger partial charge in [0.1, 0.15) is 0 Å². The van der Waals surface area contributed by atoms with Gasteiger partial charge in [-0.1, -0.05) is 18.2 Å². The summed E-state index contributed by atoms with van der Waals surface area (Å²) in [4.78, 5) is 52.7. The summed E-state index contributed by atoms with van der Waals surface area (Å²) >= 11 is 0. The van der Waals surface area contributed by atoms with E-state index >= 15 is 0 Å². The third-order valence-electron chi connectivity index (χ3n) is 5.61. The van der Waals surface area contributed by atoms with E-state index in [0.29, 0.717) is 37.2 Å². The Balaban J connectivity index is 1.58. The number of anilines is 1. The van der Waals surface area contributed by atoms with Gasteiger partial charge in [0.15, 0.2) is 0 Å². The second-order valence-corrected chi connectivity index (χ2v) is 7.34. The van der Waals surface area contributed by atoms with Crippen LogP contribution in [0.2, 0.25) is 0 Å². The van der Waals surface area contributed by atoms with Crippen LogP contribution < -0.4 is 5.32 Å². The smallest absolute Gasteiger partial charge is 0.253 e. The first-order chi connectivity index (χ1) is 14.0. The molecule has 1 N–H and O–H groups in total. The molecular formula is C22H27N3O4. The van der Waals surface area contributed by atoms with Crippen molar-refractivity contribution in [2.24, 2.45) is 11.8 Å². The van der Waals surface area contributed by atoms with Crippen LogP contribution in [0, 0.1) is 11.8 Å². The Morgan fingerprint density at radius 1 is 1.07 bits per heavy atom. The molecule has 2 aliphatic rings. The lowest BCUT2D eigenvalue weighted by molar-refractivity contribution is -0.140. The van der Waals surface area contributed by atoms with E-state index in [4.69, 9.17) is 0 Å². The molecule has 0 unspecified atom stereocenters. The van der Waals surface area contributed by atoms with Crippen molar-refractivity contribution in [3.05, 3.63) is 42.0 Å². The monoisotopic (exact) mass is 397 g/mol.